The van der Waals surface area contributed by atoms with E-state index < -0.39 is 0 Å². The van der Waals surface area contributed by atoms with Crippen LogP contribution in [0.5, 0.6) is 5.75 Å². The molecule has 1 aromatic carbocycles. The summed E-state index contributed by atoms with van der Waals surface area (Å²) < 4.78 is 12.9. The van der Waals surface area contributed by atoms with Gasteiger partial charge in [0.05, 0.1) is 5.60 Å². The molecule has 2 unspecified atom stereocenters. The van der Waals surface area contributed by atoms with Crippen molar-refractivity contribution in [1.82, 2.24) is 5.32 Å². The van der Waals surface area contributed by atoms with Crippen LogP contribution >= 0.6 is 15.9 Å². The Hall–Kier alpha value is -0.580. The highest BCUT2D eigenvalue weighted by Crippen LogP contribution is 2.38. The Labute approximate surface area is 136 Å². The molecule has 0 bridgehead atoms. The molecule has 1 aliphatic rings. The molecular formula is C17H26BrNO2. The van der Waals surface area contributed by atoms with Crippen molar-refractivity contribution < 1.29 is 9.47 Å². The van der Waals surface area contributed by atoms with E-state index in [0.717, 1.165) is 36.0 Å². The molecular weight excluding hydrogens is 330 g/mol. The van der Waals surface area contributed by atoms with E-state index in [1.54, 1.807) is 7.11 Å². The van der Waals surface area contributed by atoms with Gasteiger partial charge in [-0.1, -0.05) is 22.9 Å². The van der Waals surface area contributed by atoms with Crippen LogP contribution in [0.4, 0.5) is 0 Å². The summed E-state index contributed by atoms with van der Waals surface area (Å²) in [4.78, 5) is 0. The quantitative estimate of drug-likeness (QED) is 0.817. The zero-order chi connectivity index (χ0) is 15.5. The maximum absolute atomic E-state index is 6.19. The number of hydrogen-bond acceptors (Lipinski definition) is 3. The maximum atomic E-state index is 6.19. The van der Waals surface area contributed by atoms with Crippen LogP contribution in [0.2, 0.25) is 0 Å². The first-order valence-electron chi connectivity index (χ1n) is 7.70. The largest absolute Gasteiger partial charge is 0.490 e. The summed E-state index contributed by atoms with van der Waals surface area (Å²) in [6, 6.07) is 6.62. The predicted molar refractivity (Wildman–Crippen MR) is 89.9 cm³/mol. The van der Waals surface area contributed by atoms with Crippen LogP contribution in [-0.4, -0.2) is 25.4 Å². The lowest BCUT2D eigenvalue weighted by Crippen LogP contribution is -2.38. The molecule has 1 N–H and O–H groups in total. The monoisotopic (exact) mass is 355 g/mol. The zero-order valence-corrected chi connectivity index (χ0v) is 15.0. The first-order chi connectivity index (χ1) is 9.95. The molecule has 0 amide bonds. The van der Waals surface area contributed by atoms with Gasteiger partial charge in [-0.2, -0.15) is 0 Å². The van der Waals surface area contributed by atoms with Crippen molar-refractivity contribution >= 4 is 15.9 Å². The van der Waals surface area contributed by atoms with E-state index in [9.17, 15) is 0 Å². The third kappa shape index (κ3) is 4.44. The molecule has 2 rings (SSSR count). The van der Waals surface area contributed by atoms with Crippen molar-refractivity contribution in [3.63, 3.8) is 0 Å². The van der Waals surface area contributed by atoms with Crippen LogP contribution in [0.3, 0.4) is 0 Å². The van der Waals surface area contributed by atoms with Crippen LogP contribution in [-0.2, 0) is 4.74 Å². The summed E-state index contributed by atoms with van der Waals surface area (Å²) in [5.41, 5.74) is 1.09. The molecule has 0 aromatic heterocycles. The number of ether oxygens (including phenoxy) is 2. The second-order valence-electron chi connectivity index (χ2n) is 6.33. The molecule has 21 heavy (non-hydrogen) atoms. The number of halogens is 1. The molecule has 1 aromatic rings. The second kappa shape index (κ2) is 7.12. The van der Waals surface area contributed by atoms with Crippen molar-refractivity contribution in [3.05, 3.63) is 28.2 Å². The van der Waals surface area contributed by atoms with Gasteiger partial charge in [0, 0.05) is 36.0 Å². The van der Waals surface area contributed by atoms with Crippen molar-refractivity contribution in [2.45, 2.75) is 57.8 Å². The molecule has 0 spiro atoms. The third-order valence-corrected chi connectivity index (χ3v) is 4.55. The number of hydrogen-bond donors (Lipinski definition) is 1. The summed E-state index contributed by atoms with van der Waals surface area (Å²) in [7, 11) is 1.76. The Balaban J connectivity index is 2.18. The molecule has 118 valence electrons. The van der Waals surface area contributed by atoms with Crippen LogP contribution in [0.1, 0.15) is 51.6 Å². The first kappa shape index (κ1) is 16.8. The SMILES string of the molecule is CCCNC1CC(CC(C)(C)OC)Oc2ccc(Br)cc21. The van der Waals surface area contributed by atoms with E-state index >= 15 is 0 Å². The van der Waals surface area contributed by atoms with E-state index in [-0.39, 0.29) is 11.7 Å². The van der Waals surface area contributed by atoms with E-state index in [0.29, 0.717) is 6.04 Å². The summed E-state index contributed by atoms with van der Waals surface area (Å²) >= 11 is 3.56. The van der Waals surface area contributed by atoms with E-state index in [2.05, 4.69) is 54.2 Å². The van der Waals surface area contributed by atoms with Crippen LogP contribution in [0.25, 0.3) is 0 Å². The van der Waals surface area contributed by atoms with Crippen molar-refractivity contribution in [2.75, 3.05) is 13.7 Å². The van der Waals surface area contributed by atoms with E-state index in [1.165, 1.54) is 5.56 Å². The molecule has 1 heterocycles. The zero-order valence-electron chi connectivity index (χ0n) is 13.4. The van der Waals surface area contributed by atoms with Crippen LogP contribution < -0.4 is 10.1 Å². The molecule has 2 atom stereocenters. The predicted octanol–water partition coefficient (Wildman–Crippen LogP) is 4.46. The summed E-state index contributed by atoms with van der Waals surface area (Å²) in [6.45, 7) is 7.44. The summed E-state index contributed by atoms with van der Waals surface area (Å²) in [5, 5.41) is 3.65. The first-order valence-corrected chi connectivity index (χ1v) is 8.49. The van der Waals surface area contributed by atoms with Gasteiger partial charge in [-0.15, -0.1) is 0 Å². The van der Waals surface area contributed by atoms with Gasteiger partial charge in [0.2, 0.25) is 0 Å². The molecule has 0 radical (unpaired) electrons. The highest BCUT2D eigenvalue weighted by atomic mass is 79.9. The number of rotatable bonds is 6. The average Bonchev–Trinajstić information content (AvgIpc) is 2.45. The smallest absolute Gasteiger partial charge is 0.124 e. The van der Waals surface area contributed by atoms with Crippen molar-refractivity contribution in [2.24, 2.45) is 0 Å². The highest BCUT2D eigenvalue weighted by Gasteiger charge is 2.32. The minimum absolute atomic E-state index is 0.160. The van der Waals surface area contributed by atoms with E-state index in [4.69, 9.17) is 9.47 Å². The molecule has 0 aliphatic carbocycles. The Kier molecular flexibility index (Phi) is 5.69. The standard InChI is InChI=1S/C17H26BrNO2/c1-5-8-19-15-10-13(11-17(2,3)20-4)21-16-7-6-12(18)9-14(15)16/h6-7,9,13,15,19H,5,8,10-11H2,1-4H3. The normalized spacial score (nSPS) is 21.8. The van der Waals surface area contributed by atoms with Crippen molar-refractivity contribution in [3.8, 4) is 5.75 Å². The lowest BCUT2D eigenvalue weighted by molar-refractivity contribution is -0.0205. The fourth-order valence-electron chi connectivity index (χ4n) is 2.78. The van der Waals surface area contributed by atoms with Gasteiger partial charge in [0.1, 0.15) is 11.9 Å². The van der Waals surface area contributed by atoms with Crippen LogP contribution in [0, 0.1) is 0 Å². The lowest BCUT2D eigenvalue weighted by atomic mass is 9.90. The van der Waals surface area contributed by atoms with Crippen molar-refractivity contribution in [1.29, 1.82) is 0 Å². The average molecular weight is 356 g/mol. The number of nitrogens with one attached hydrogen (secondary N) is 1. The molecule has 0 saturated heterocycles. The van der Waals surface area contributed by atoms with Gasteiger partial charge in [-0.3, -0.25) is 0 Å². The number of fused-ring (bicyclic) bond motifs is 1. The molecule has 1 aliphatic heterocycles. The highest BCUT2D eigenvalue weighted by molar-refractivity contribution is 9.10. The second-order valence-corrected chi connectivity index (χ2v) is 7.25. The van der Waals surface area contributed by atoms with Gasteiger partial charge < -0.3 is 14.8 Å². The Bertz CT molecular complexity index is 476. The van der Waals surface area contributed by atoms with Gasteiger partial charge in [-0.05, 0) is 45.0 Å². The third-order valence-electron chi connectivity index (χ3n) is 4.05. The summed E-state index contributed by atoms with van der Waals surface area (Å²) in [5.74, 6) is 0.995. The van der Waals surface area contributed by atoms with Gasteiger partial charge in [0.15, 0.2) is 0 Å². The number of methoxy groups -OCH3 is 1. The van der Waals surface area contributed by atoms with Gasteiger partial charge in [-0.25, -0.2) is 0 Å². The Morgan fingerprint density at radius 1 is 1.43 bits per heavy atom. The topological polar surface area (TPSA) is 30.5 Å². The summed E-state index contributed by atoms with van der Waals surface area (Å²) in [6.07, 6.45) is 3.19. The molecule has 3 nitrogen and oxygen atoms in total. The Morgan fingerprint density at radius 2 is 2.19 bits per heavy atom. The molecule has 4 heteroatoms. The molecule has 0 saturated carbocycles. The minimum Gasteiger partial charge on any atom is -0.490 e. The van der Waals surface area contributed by atoms with E-state index in [1.807, 2.05) is 6.07 Å². The molecule has 0 fully saturated rings. The minimum atomic E-state index is -0.160. The van der Waals surface area contributed by atoms with Crippen LogP contribution in [0.15, 0.2) is 22.7 Å². The fourth-order valence-corrected chi connectivity index (χ4v) is 3.16. The van der Waals surface area contributed by atoms with Gasteiger partial charge in [0.25, 0.3) is 0 Å². The Morgan fingerprint density at radius 3 is 2.86 bits per heavy atom. The number of benzene rings is 1. The lowest BCUT2D eigenvalue weighted by Gasteiger charge is -2.36. The maximum Gasteiger partial charge on any atom is 0.124 e. The fraction of sp³-hybridized carbons (Fsp3) is 0.647. The van der Waals surface area contributed by atoms with Gasteiger partial charge >= 0.3 is 0 Å².